The van der Waals surface area contributed by atoms with Crippen molar-refractivity contribution in [1.82, 2.24) is 15.0 Å². The second-order valence-corrected chi connectivity index (χ2v) is 7.97. The summed E-state index contributed by atoms with van der Waals surface area (Å²) in [5, 5.41) is 10.2. The van der Waals surface area contributed by atoms with Crippen molar-refractivity contribution < 1.29 is 8.78 Å². The topological polar surface area (TPSA) is 68.6 Å². The second kappa shape index (κ2) is 7.33. The molecule has 1 aliphatic rings. The van der Waals surface area contributed by atoms with Crippen LogP contribution in [0, 0.1) is 29.9 Å². The van der Waals surface area contributed by atoms with E-state index in [1.54, 1.807) is 12.1 Å². The lowest BCUT2D eigenvalue weighted by atomic mass is 9.92. The zero-order valence-corrected chi connectivity index (χ0v) is 17.2. The summed E-state index contributed by atoms with van der Waals surface area (Å²) in [6, 6.07) is 12.5. The van der Waals surface area contributed by atoms with Crippen molar-refractivity contribution in [3.8, 4) is 6.07 Å². The Labute approximate surface area is 181 Å². The standard InChI is InChI=1S/C23H16ClF2N5/c1-12-2-4-13(5-3-12)22-21-14(15-8-16(24)17(25)9-19(15)29-21)6-7-31(22)23-28-11-18(26)20(10-27)30-23/h2-5,8-9,11,22,29H,6-7H2,1H3. The molecule has 0 radical (unpaired) electrons. The Morgan fingerprint density at radius 3 is 2.71 bits per heavy atom. The van der Waals surface area contributed by atoms with E-state index in [2.05, 4.69) is 15.0 Å². The highest BCUT2D eigenvalue weighted by atomic mass is 35.5. The fourth-order valence-electron chi connectivity index (χ4n) is 4.17. The fourth-order valence-corrected chi connectivity index (χ4v) is 4.33. The van der Waals surface area contributed by atoms with Gasteiger partial charge >= 0.3 is 0 Å². The molecular formula is C23H16ClF2N5. The maximum atomic E-state index is 14.1. The molecule has 8 heteroatoms. The maximum Gasteiger partial charge on any atom is 0.227 e. The summed E-state index contributed by atoms with van der Waals surface area (Å²) in [5.41, 5.74) is 4.35. The molecule has 31 heavy (non-hydrogen) atoms. The molecule has 1 aliphatic heterocycles. The molecule has 0 saturated heterocycles. The molecular weight excluding hydrogens is 420 g/mol. The summed E-state index contributed by atoms with van der Waals surface area (Å²) in [5.74, 6) is -0.986. The molecule has 0 bridgehead atoms. The van der Waals surface area contributed by atoms with Crippen LogP contribution in [0.4, 0.5) is 14.7 Å². The second-order valence-electron chi connectivity index (χ2n) is 7.56. The van der Waals surface area contributed by atoms with E-state index in [1.165, 1.54) is 6.07 Å². The lowest BCUT2D eigenvalue weighted by Gasteiger charge is -2.36. The average molecular weight is 436 g/mol. The zero-order chi connectivity index (χ0) is 21.7. The highest BCUT2D eigenvalue weighted by molar-refractivity contribution is 6.31. The lowest BCUT2D eigenvalue weighted by Crippen LogP contribution is -2.37. The molecule has 5 rings (SSSR count). The Balaban J connectivity index is 1.72. The smallest absolute Gasteiger partial charge is 0.227 e. The van der Waals surface area contributed by atoms with Gasteiger partial charge in [-0.2, -0.15) is 10.2 Å². The van der Waals surface area contributed by atoms with Gasteiger partial charge in [0, 0.05) is 23.1 Å². The number of aromatic amines is 1. The molecule has 154 valence electrons. The third-order valence-corrected chi connectivity index (χ3v) is 5.94. The van der Waals surface area contributed by atoms with Crippen LogP contribution < -0.4 is 4.90 Å². The van der Waals surface area contributed by atoms with E-state index in [4.69, 9.17) is 11.6 Å². The summed E-state index contributed by atoms with van der Waals surface area (Å²) in [6.45, 7) is 2.54. The van der Waals surface area contributed by atoms with Gasteiger partial charge in [-0.25, -0.2) is 13.8 Å². The predicted molar refractivity (Wildman–Crippen MR) is 114 cm³/mol. The summed E-state index contributed by atoms with van der Waals surface area (Å²) in [4.78, 5) is 13.6. The van der Waals surface area contributed by atoms with Gasteiger partial charge in [-0.05, 0) is 36.6 Å². The van der Waals surface area contributed by atoms with E-state index in [1.807, 2.05) is 36.1 Å². The summed E-state index contributed by atoms with van der Waals surface area (Å²) in [6.07, 6.45) is 1.64. The Bertz CT molecular complexity index is 1360. The van der Waals surface area contributed by atoms with Crippen molar-refractivity contribution in [2.75, 3.05) is 11.4 Å². The SMILES string of the molecule is Cc1ccc(C2c3[nH]c4cc(F)c(Cl)cc4c3CCN2c2ncc(F)c(C#N)n2)cc1. The number of aryl methyl sites for hydroxylation is 1. The molecule has 2 aromatic carbocycles. The van der Waals surface area contributed by atoms with Crippen LogP contribution in [0.5, 0.6) is 0 Å². The van der Waals surface area contributed by atoms with Gasteiger partial charge in [0.15, 0.2) is 11.5 Å². The van der Waals surface area contributed by atoms with Crippen LogP contribution in [-0.2, 0) is 6.42 Å². The van der Waals surface area contributed by atoms with Crippen molar-refractivity contribution in [3.05, 3.63) is 87.3 Å². The van der Waals surface area contributed by atoms with Gasteiger partial charge in [0.25, 0.3) is 0 Å². The van der Waals surface area contributed by atoms with Crippen LogP contribution in [0.3, 0.4) is 0 Å². The predicted octanol–water partition coefficient (Wildman–Crippen LogP) is 5.22. The number of nitriles is 1. The molecule has 1 unspecified atom stereocenters. The number of halogens is 3. The number of rotatable bonds is 2. The van der Waals surface area contributed by atoms with Crippen molar-refractivity contribution in [2.45, 2.75) is 19.4 Å². The minimum atomic E-state index is -0.758. The number of hydrogen-bond donors (Lipinski definition) is 1. The number of nitrogens with zero attached hydrogens (tertiary/aromatic N) is 4. The summed E-state index contributed by atoms with van der Waals surface area (Å²) in [7, 11) is 0. The Morgan fingerprint density at radius 2 is 1.97 bits per heavy atom. The van der Waals surface area contributed by atoms with E-state index >= 15 is 0 Å². The van der Waals surface area contributed by atoms with Crippen LogP contribution in [0.15, 0.2) is 42.6 Å². The van der Waals surface area contributed by atoms with E-state index in [9.17, 15) is 14.0 Å². The molecule has 0 saturated carbocycles. The highest BCUT2D eigenvalue weighted by Crippen LogP contribution is 2.40. The van der Waals surface area contributed by atoms with Crippen molar-refractivity contribution >= 4 is 28.5 Å². The maximum absolute atomic E-state index is 14.1. The van der Waals surface area contributed by atoms with Gasteiger partial charge in [0.05, 0.1) is 17.3 Å². The van der Waals surface area contributed by atoms with Crippen LogP contribution in [-0.4, -0.2) is 21.5 Å². The summed E-state index contributed by atoms with van der Waals surface area (Å²) >= 11 is 6.05. The van der Waals surface area contributed by atoms with E-state index < -0.39 is 11.6 Å². The van der Waals surface area contributed by atoms with Crippen LogP contribution in [0.1, 0.15) is 34.1 Å². The molecule has 0 aliphatic carbocycles. The first-order valence-electron chi connectivity index (χ1n) is 9.71. The number of fused-ring (bicyclic) bond motifs is 3. The average Bonchev–Trinajstić information content (AvgIpc) is 3.12. The molecule has 0 fully saturated rings. The number of anilines is 1. The molecule has 4 aromatic rings. The first-order valence-corrected chi connectivity index (χ1v) is 10.1. The van der Waals surface area contributed by atoms with Crippen molar-refractivity contribution in [1.29, 1.82) is 5.26 Å². The molecule has 3 heterocycles. The molecule has 1 atom stereocenters. The third kappa shape index (κ3) is 3.20. The Hall–Kier alpha value is -3.50. The van der Waals surface area contributed by atoms with Crippen LogP contribution in [0.2, 0.25) is 5.02 Å². The van der Waals surface area contributed by atoms with Crippen molar-refractivity contribution in [2.24, 2.45) is 0 Å². The van der Waals surface area contributed by atoms with E-state index in [0.717, 1.165) is 34.0 Å². The van der Waals surface area contributed by atoms with Crippen LogP contribution in [0.25, 0.3) is 10.9 Å². The molecule has 0 spiro atoms. The lowest BCUT2D eigenvalue weighted by molar-refractivity contribution is 0.592. The minimum absolute atomic E-state index is 0.0733. The van der Waals surface area contributed by atoms with Gasteiger partial charge in [0.2, 0.25) is 5.95 Å². The molecule has 2 aromatic heterocycles. The van der Waals surface area contributed by atoms with Gasteiger partial charge < -0.3 is 9.88 Å². The summed E-state index contributed by atoms with van der Waals surface area (Å²) < 4.78 is 27.9. The minimum Gasteiger partial charge on any atom is -0.356 e. The van der Waals surface area contributed by atoms with Gasteiger partial charge in [0.1, 0.15) is 11.9 Å². The Morgan fingerprint density at radius 1 is 1.19 bits per heavy atom. The van der Waals surface area contributed by atoms with Gasteiger partial charge in [-0.1, -0.05) is 41.4 Å². The van der Waals surface area contributed by atoms with Crippen LogP contribution >= 0.6 is 11.6 Å². The number of aromatic nitrogens is 3. The zero-order valence-electron chi connectivity index (χ0n) is 16.5. The van der Waals surface area contributed by atoms with E-state index in [0.29, 0.717) is 18.5 Å². The molecule has 1 N–H and O–H groups in total. The quantitative estimate of drug-likeness (QED) is 0.468. The normalized spacial score (nSPS) is 15.7. The monoisotopic (exact) mass is 435 g/mol. The number of H-pyrrole nitrogens is 1. The fraction of sp³-hybridized carbons (Fsp3) is 0.174. The number of hydrogen-bond acceptors (Lipinski definition) is 4. The number of benzene rings is 2. The third-order valence-electron chi connectivity index (χ3n) is 5.66. The van der Waals surface area contributed by atoms with E-state index in [-0.39, 0.29) is 22.7 Å². The van der Waals surface area contributed by atoms with Gasteiger partial charge in [-0.15, -0.1) is 0 Å². The first-order chi connectivity index (χ1) is 15.0. The molecule has 5 nitrogen and oxygen atoms in total. The highest BCUT2D eigenvalue weighted by Gasteiger charge is 2.34. The Kier molecular flexibility index (Phi) is 4.60. The molecule has 0 amide bonds. The first kappa shape index (κ1) is 19.5. The van der Waals surface area contributed by atoms with Gasteiger partial charge in [-0.3, -0.25) is 0 Å². The largest absolute Gasteiger partial charge is 0.356 e. The van der Waals surface area contributed by atoms with Crippen molar-refractivity contribution in [3.63, 3.8) is 0 Å². The number of nitrogens with one attached hydrogen (secondary N) is 1.